The molecule has 3 rings (SSSR count). The summed E-state index contributed by atoms with van der Waals surface area (Å²) in [5.74, 6) is 0.784. The maximum Gasteiger partial charge on any atom is 0.0692 e. The molecule has 0 aromatic heterocycles. The molecule has 0 heterocycles. The number of para-hydroxylation sites is 1. The van der Waals surface area contributed by atoms with Crippen molar-refractivity contribution in [2.45, 2.75) is 38.5 Å². The van der Waals surface area contributed by atoms with Crippen LogP contribution in [-0.2, 0) is 0 Å². The third-order valence-corrected chi connectivity index (χ3v) is 4.59. The number of rotatable bonds is 3. The van der Waals surface area contributed by atoms with E-state index in [-0.39, 0.29) is 5.41 Å². The molecule has 0 saturated heterocycles. The second-order valence-electron chi connectivity index (χ2n) is 5.78. The molecule has 1 N–H and O–H groups in total. The number of hydrogen-bond donors (Lipinski definition) is 1. The summed E-state index contributed by atoms with van der Waals surface area (Å²) in [7, 11) is 0. The van der Waals surface area contributed by atoms with Gasteiger partial charge in [0.05, 0.1) is 11.5 Å². The Balaban J connectivity index is 0.000000147. The highest BCUT2D eigenvalue weighted by Crippen LogP contribution is 2.54. The molecule has 2 aliphatic carbocycles. The van der Waals surface area contributed by atoms with Crippen LogP contribution in [0.1, 0.15) is 38.5 Å². The predicted octanol–water partition coefficient (Wildman–Crippen LogP) is 4.76. The molecular formula is C18H24N2. The first-order valence-electron chi connectivity index (χ1n) is 7.62. The number of benzene rings is 1. The number of hydrogen-bond acceptors (Lipinski definition) is 2. The lowest BCUT2D eigenvalue weighted by molar-refractivity contribution is 0.0430. The lowest BCUT2D eigenvalue weighted by Gasteiger charge is -2.47. The van der Waals surface area contributed by atoms with Crippen molar-refractivity contribution in [2.75, 3.05) is 11.9 Å². The highest BCUT2D eigenvalue weighted by atomic mass is 14.8. The molecule has 0 amide bonds. The van der Waals surface area contributed by atoms with Gasteiger partial charge in [0, 0.05) is 12.2 Å². The molecule has 0 spiro atoms. The van der Waals surface area contributed by atoms with E-state index in [1.165, 1.54) is 38.5 Å². The van der Waals surface area contributed by atoms with Crippen molar-refractivity contribution < 1.29 is 0 Å². The number of fused-ring (bicyclic) bond motifs is 1. The molecule has 106 valence electrons. The summed E-state index contributed by atoms with van der Waals surface area (Å²) in [6, 6.07) is 12.6. The average molecular weight is 268 g/mol. The van der Waals surface area contributed by atoms with Crippen LogP contribution in [-0.4, -0.2) is 6.54 Å². The van der Waals surface area contributed by atoms with E-state index in [0.29, 0.717) is 0 Å². The second kappa shape index (κ2) is 7.14. The molecule has 0 radical (unpaired) electrons. The van der Waals surface area contributed by atoms with Crippen LogP contribution in [0.15, 0.2) is 43.0 Å². The van der Waals surface area contributed by atoms with Gasteiger partial charge in [0.1, 0.15) is 0 Å². The minimum atomic E-state index is 0.165. The van der Waals surface area contributed by atoms with Crippen LogP contribution in [0.5, 0.6) is 0 Å². The summed E-state index contributed by atoms with van der Waals surface area (Å²) in [5, 5.41) is 12.1. The van der Waals surface area contributed by atoms with E-state index in [2.05, 4.69) is 18.0 Å². The van der Waals surface area contributed by atoms with E-state index in [9.17, 15) is 0 Å². The summed E-state index contributed by atoms with van der Waals surface area (Å²) < 4.78 is 0. The Bertz CT molecular complexity index is 460. The summed E-state index contributed by atoms with van der Waals surface area (Å²) in [4.78, 5) is 0. The molecule has 2 nitrogen and oxygen atoms in total. The first-order valence-corrected chi connectivity index (χ1v) is 7.62. The van der Waals surface area contributed by atoms with Crippen LogP contribution >= 0.6 is 0 Å². The Morgan fingerprint density at radius 3 is 2.55 bits per heavy atom. The Morgan fingerprint density at radius 1 is 1.25 bits per heavy atom. The second-order valence-corrected chi connectivity index (χ2v) is 5.78. The van der Waals surface area contributed by atoms with Crippen LogP contribution in [0.2, 0.25) is 0 Å². The van der Waals surface area contributed by atoms with Crippen LogP contribution in [0.4, 0.5) is 5.69 Å². The molecule has 20 heavy (non-hydrogen) atoms. The van der Waals surface area contributed by atoms with E-state index in [1.807, 2.05) is 36.4 Å². The van der Waals surface area contributed by atoms with Gasteiger partial charge in [0.2, 0.25) is 0 Å². The monoisotopic (exact) mass is 268 g/mol. The van der Waals surface area contributed by atoms with Gasteiger partial charge in [-0.1, -0.05) is 37.1 Å². The number of nitrogens with zero attached hydrogens (tertiary/aromatic N) is 1. The summed E-state index contributed by atoms with van der Waals surface area (Å²) in [6.07, 6.45) is 9.54. The molecule has 2 saturated carbocycles. The van der Waals surface area contributed by atoms with E-state index in [4.69, 9.17) is 5.26 Å². The molecule has 0 aliphatic heterocycles. The first kappa shape index (κ1) is 14.7. The largest absolute Gasteiger partial charge is 0.382 e. The zero-order valence-electron chi connectivity index (χ0n) is 12.1. The van der Waals surface area contributed by atoms with Crippen molar-refractivity contribution in [1.29, 1.82) is 5.26 Å². The van der Waals surface area contributed by atoms with Crippen molar-refractivity contribution in [2.24, 2.45) is 11.3 Å². The molecule has 2 fully saturated rings. The Morgan fingerprint density at radius 2 is 2.05 bits per heavy atom. The fraction of sp³-hybridized carbons (Fsp3) is 0.500. The molecule has 1 aromatic carbocycles. The maximum absolute atomic E-state index is 8.92. The van der Waals surface area contributed by atoms with E-state index in [1.54, 1.807) is 0 Å². The van der Waals surface area contributed by atoms with Gasteiger partial charge in [0.15, 0.2) is 0 Å². The lowest BCUT2D eigenvalue weighted by Crippen LogP contribution is -2.41. The zero-order valence-corrected chi connectivity index (χ0v) is 12.1. The number of anilines is 1. The lowest BCUT2D eigenvalue weighted by atomic mass is 9.54. The summed E-state index contributed by atoms with van der Waals surface area (Å²) in [6.45, 7) is 4.44. The fourth-order valence-corrected chi connectivity index (χ4v) is 3.23. The highest BCUT2D eigenvalue weighted by Gasteiger charge is 2.47. The molecular weight excluding hydrogens is 244 g/mol. The molecule has 0 bridgehead atoms. The Hall–Kier alpha value is -1.75. The Labute approximate surface area is 122 Å². The van der Waals surface area contributed by atoms with Gasteiger partial charge in [-0.2, -0.15) is 5.26 Å². The maximum atomic E-state index is 8.92. The van der Waals surface area contributed by atoms with Crippen molar-refractivity contribution in [1.82, 2.24) is 0 Å². The van der Waals surface area contributed by atoms with E-state index >= 15 is 0 Å². The third-order valence-electron chi connectivity index (χ3n) is 4.59. The van der Waals surface area contributed by atoms with Crippen LogP contribution in [0.25, 0.3) is 0 Å². The topological polar surface area (TPSA) is 35.8 Å². The Kier molecular flexibility index (Phi) is 5.24. The minimum absolute atomic E-state index is 0.165. The molecule has 2 heteroatoms. The first-order chi connectivity index (χ1) is 9.80. The van der Waals surface area contributed by atoms with Gasteiger partial charge >= 0.3 is 0 Å². The smallest absolute Gasteiger partial charge is 0.0692 e. The number of nitriles is 1. The third kappa shape index (κ3) is 3.42. The van der Waals surface area contributed by atoms with Gasteiger partial charge in [-0.15, -0.1) is 6.58 Å². The van der Waals surface area contributed by atoms with Crippen LogP contribution in [0.3, 0.4) is 0 Å². The summed E-state index contributed by atoms with van der Waals surface area (Å²) in [5.41, 5.74) is 1.31. The van der Waals surface area contributed by atoms with Crippen molar-refractivity contribution in [3.8, 4) is 6.07 Å². The number of nitrogens with one attached hydrogen (secondary N) is 1. The molecule has 1 unspecified atom stereocenters. The van der Waals surface area contributed by atoms with Gasteiger partial charge in [-0.25, -0.2) is 0 Å². The zero-order chi connectivity index (χ0) is 14.3. The van der Waals surface area contributed by atoms with E-state index < -0.39 is 0 Å². The van der Waals surface area contributed by atoms with Gasteiger partial charge in [-0.05, 0) is 43.7 Å². The minimum Gasteiger partial charge on any atom is -0.382 e. The van der Waals surface area contributed by atoms with Gasteiger partial charge in [-0.3, -0.25) is 0 Å². The highest BCUT2D eigenvalue weighted by molar-refractivity contribution is 5.42. The molecule has 2 aliphatic rings. The van der Waals surface area contributed by atoms with Gasteiger partial charge in [0.25, 0.3) is 0 Å². The van der Waals surface area contributed by atoms with Crippen molar-refractivity contribution in [3.05, 3.63) is 43.0 Å². The van der Waals surface area contributed by atoms with Crippen molar-refractivity contribution >= 4 is 5.69 Å². The van der Waals surface area contributed by atoms with E-state index in [0.717, 1.165) is 18.2 Å². The van der Waals surface area contributed by atoms with Crippen LogP contribution in [0, 0.1) is 22.7 Å². The standard InChI is InChI=1S/C9H13N.C9H11N/c10-7-9-5-2-1-3-8(9)4-6-9;1-2-8-10-9-6-4-3-5-7-9/h8H,1-6H2;2-7,10H,1,8H2/t8-,9?;/m0./s1. The van der Waals surface area contributed by atoms with Crippen LogP contribution < -0.4 is 5.32 Å². The molecule has 1 aromatic rings. The SMILES string of the molecule is C=CCNc1ccccc1.N#CC12CCCC[C@H]1CC2. The quantitative estimate of drug-likeness (QED) is 0.802. The fourth-order valence-electron chi connectivity index (χ4n) is 3.23. The summed E-state index contributed by atoms with van der Waals surface area (Å²) >= 11 is 0. The van der Waals surface area contributed by atoms with Gasteiger partial charge < -0.3 is 5.32 Å². The predicted molar refractivity (Wildman–Crippen MR) is 84.4 cm³/mol. The normalized spacial score (nSPS) is 26.9. The molecule has 2 atom stereocenters. The average Bonchev–Trinajstić information content (AvgIpc) is 2.49. The van der Waals surface area contributed by atoms with Crippen molar-refractivity contribution in [3.63, 3.8) is 0 Å².